The molecule has 2 amide bonds. The van der Waals surface area contributed by atoms with Crippen LogP contribution in [0.3, 0.4) is 0 Å². The maximum Gasteiger partial charge on any atom is 0.338 e. The number of anilines is 1. The Balaban J connectivity index is 1.73. The van der Waals surface area contributed by atoms with Gasteiger partial charge in [-0.3, -0.25) is 14.5 Å². The highest BCUT2D eigenvalue weighted by atomic mass is 16.5. The van der Waals surface area contributed by atoms with Crippen LogP contribution in [0.15, 0.2) is 24.3 Å². The molecule has 1 atom stereocenters. The Morgan fingerprint density at radius 3 is 2.36 bits per heavy atom. The Morgan fingerprint density at radius 1 is 1.12 bits per heavy atom. The van der Waals surface area contributed by atoms with Crippen LogP contribution in [0.1, 0.15) is 23.7 Å². The number of amides is 2. The molecule has 1 aromatic rings. The average Bonchev–Trinajstić information content (AvgIpc) is 2.90. The van der Waals surface area contributed by atoms with Gasteiger partial charge in [0.1, 0.15) is 0 Å². The van der Waals surface area contributed by atoms with Crippen molar-refractivity contribution in [1.29, 1.82) is 0 Å². The summed E-state index contributed by atoms with van der Waals surface area (Å²) < 4.78 is 4.94. The fourth-order valence-corrected chi connectivity index (χ4v) is 3.27. The van der Waals surface area contributed by atoms with E-state index in [0.29, 0.717) is 17.9 Å². The summed E-state index contributed by atoms with van der Waals surface area (Å²) in [7, 11) is 2.05. The number of likely N-dealkylation sites (N-methyl/N-ethyl adjacent to an activating group) is 1. The minimum atomic E-state index is -0.413. The molecule has 0 spiro atoms. The van der Waals surface area contributed by atoms with Gasteiger partial charge in [-0.1, -0.05) is 0 Å². The minimum Gasteiger partial charge on any atom is -0.462 e. The lowest BCUT2D eigenvalue weighted by molar-refractivity contribution is -0.123. The van der Waals surface area contributed by atoms with Crippen molar-refractivity contribution in [2.24, 2.45) is 0 Å². The van der Waals surface area contributed by atoms with E-state index in [1.165, 1.54) is 4.90 Å². The zero-order valence-corrected chi connectivity index (χ0v) is 14.6. The molecular formula is C18H23N3O4. The van der Waals surface area contributed by atoms with Gasteiger partial charge in [0.2, 0.25) is 5.91 Å². The molecule has 134 valence electrons. The second kappa shape index (κ2) is 7.33. The summed E-state index contributed by atoms with van der Waals surface area (Å²) in [6.07, 6.45) is 0.210. The van der Waals surface area contributed by atoms with Crippen molar-refractivity contribution >= 4 is 23.5 Å². The highest BCUT2D eigenvalue weighted by Crippen LogP contribution is 2.26. The first-order chi connectivity index (χ1) is 12.0. The van der Waals surface area contributed by atoms with Gasteiger partial charge in [-0.2, -0.15) is 0 Å². The van der Waals surface area contributed by atoms with E-state index in [4.69, 9.17) is 4.74 Å². The van der Waals surface area contributed by atoms with Gasteiger partial charge in [-0.15, -0.1) is 0 Å². The summed E-state index contributed by atoms with van der Waals surface area (Å²) in [6, 6.07) is 6.02. The number of ether oxygens (including phenoxy) is 1. The lowest BCUT2D eigenvalue weighted by atomic mass is 10.1. The number of hydrogen-bond donors (Lipinski definition) is 0. The van der Waals surface area contributed by atoms with Gasteiger partial charge >= 0.3 is 5.97 Å². The molecule has 2 aliphatic heterocycles. The average molecular weight is 345 g/mol. The van der Waals surface area contributed by atoms with Gasteiger partial charge in [0.25, 0.3) is 5.91 Å². The molecule has 2 aliphatic rings. The van der Waals surface area contributed by atoms with Gasteiger partial charge in [-0.25, -0.2) is 9.69 Å². The van der Waals surface area contributed by atoms with Crippen LogP contribution in [0.2, 0.25) is 0 Å². The van der Waals surface area contributed by atoms with Crippen LogP contribution in [0.25, 0.3) is 0 Å². The summed E-state index contributed by atoms with van der Waals surface area (Å²) in [5.74, 6) is -0.792. The van der Waals surface area contributed by atoms with E-state index >= 15 is 0 Å². The van der Waals surface area contributed by atoms with Gasteiger partial charge in [0, 0.05) is 26.2 Å². The Morgan fingerprint density at radius 2 is 1.76 bits per heavy atom. The standard InChI is InChI=1S/C18H23N3O4/c1-3-25-18(24)13-4-6-14(7-5-13)21-16(22)12-15(17(21)23)20-10-8-19(2)9-11-20/h4-7,15H,3,8-12H2,1-2H3/t15-/m1/s1. The first kappa shape index (κ1) is 17.6. The van der Waals surface area contributed by atoms with Crippen molar-refractivity contribution in [3.8, 4) is 0 Å². The smallest absolute Gasteiger partial charge is 0.338 e. The molecule has 0 saturated carbocycles. The Kier molecular flexibility index (Phi) is 5.15. The van der Waals surface area contributed by atoms with E-state index in [1.807, 2.05) is 0 Å². The minimum absolute atomic E-state index is 0.182. The summed E-state index contributed by atoms with van der Waals surface area (Å²) >= 11 is 0. The SMILES string of the molecule is CCOC(=O)c1ccc(N2C(=O)C[C@@H](N3CCN(C)CC3)C2=O)cc1. The van der Waals surface area contributed by atoms with E-state index < -0.39 is 5.97 Å². The first-order valence-corrected chi connectivity index (χ1v) is 8.58. The van der Waals surface area contributed by atoms with Crippen LogP contribution in [0.4, 0.5) is 5.69 Å². The summed E-state index contributed by atoms with van der Waals surface area (Å²) in [6.45, 7) is 5.41. The number of carbonyl (C=O) groups excluding carboxylic acids is 3. The van der Waals surface area contributed by atoms with E-state index in [1.54, 1.807) is 31.2 Å². The van der Waals surface area contributed by atoms with Gasteiger partial charge in [-0.05, 0) is 38.2 Å². The molecule has 7 heteroatoms. The molecule has 0 N–H and O–H groups in total. The monoisotopic (exact) mass is 345 g/mol. The molecule has 7 nitrogen and oxygen atoms in total. The van der Waals surface area contributed by atoms with Crippen LogP contribution in [-0.4, -0.2) is 73.5 Å². The third kappa shape index (κ3) is 3.57. The van der Waals surface area contributed by atoms with Crippen LogP contribution in [-0.2, 0) is 14.3 Å². The van der Waals surface area contributed by atoms with E-state index in [0.717, 1.165) is 26.2 Å². The molecule has 2 saturated heterocycles. The van der Waals surface area contributed by atoms with Gasteiger partial charge in [0.05, 0.1) is 30.3 Å². The van der Waals surface area contributed by atoms with Crippen LogP contribution in [0, 0.1) is 0 Å². The van der Waals surface area contributed by atoms with Crippen molar-refractivity contribution in [1.82, 2.24) is 9.80 Å². The Bertz CT molecular complexity index is 665. The van der Waals surface area contributed by atoms with Crippen molar-refractivity contribution in [2.75, 3.05) is 44.7 Å². The predicted octanol–water partition coefficient (Wildman–Crippen LogP) is 0.743. The maximum atomic E-state index is 12.8. The molecule has 0 unspecified atom stereocenters. The number of nitrogens with zero attached hydrogens (tertiary/aromatic N) is 3. The van der Waals surface area contributed by atoms with Crippen LogP contribution >= 0.6 is 0 Å². The number of carbonyl (C=O) groups is 3. The van der Waals surface area contributed by atoms with E-state index in [9.17, 15) is 14.4 Å². The topological polar surface area (TPSA) is 70.2 Å². The lowest BCUT2D eigenvalue weighted by Gasteiger charge is -2.35. The second-order valence-electron chi connectivity index (χ2n) is 6.39. The number of rotatable bonds is 4. The Hall–Kier alpha value is -2.25. The van der Waals surface area contributed by atoms with Crippen molar-refractivity contribution in [2.45, 2.75) is 19.4 Å². The Labute approximate surface area is 147 Å². The lowest BCUT2D eigenvalue weighted by Crippen LogP contribution is -2.51. The predicted molar refractivity (Wildman–Crippen MR) is 92.4 cm³/mol. The van der Waals surface area contributed by atoms with Gasteiger partial charge < -0.3 is 9.64 Å². The molecule has 2 heterocycles. The number of hydrogen-bond acceptors (Lipinski definition) is 6. The van der Waals surface area contributed by atoms with Crippen molar-refractivity contribution in [3.05, 3.63) is 29.8 Å². The largest absolute Gasteiger partial charge is 0.462 e. The fraction of sp³-hybridized carbons (Fsp3) is 0.500. The molecule has 1 aromatic carbocycles. The molecule has 0 bridgehead atoms. The number of esters is 1. The summed E-state index contributed by atoms with van der Waals surface area (Å²) in [5, 5.41) is 0. The first-order valence-electron chi connectivity index (χ1n) is 8.58. The van der Waals surface area contributed by atoms with E-state index in [-0.39, 0.29) is 24.3 Å². The molecular weight excluding hydrogens is 322 g/mol. The molecule has 2 fully saturated rings. The maximum absolute atomic E-state index is 12.8. The third-order valence-electron chi connectivity index (χ3n) is 4.74. The van der Waals surface area contributed by atoms with Gasteiger partial charge in [0.15, 0.2) is 0 Å². The van der Waals surface area contributed by atoms with E-state index in [2.05, 4.69) is 16.8 Å². The number of imide groups is 1. The van der Waals surface area contributed by atoms with Crippen molar-refractivity contribution < 1.29 is 19.1 Å². The molecule has 3 rings (SSSR count). The third-order valence-corrected chi connectivity index (χ3v) is 4.74. The molecule has 0 aromatic heterocycles. The molecule has 0 aliphatic carbocycles. The normalized spacial score (nSPS) is 22.5. The number of piperazine rings is 1. The highest BCUT2D eigenvalue weighted by Gasteiger charge is 2.43. The molecule has 25 heavy (non-hydrogen) atoms. The summed E-state index contributed by atoms with van der Waals surface area (Å²) in [5.41, 5.74) is 0.903. The second-order valence-corrected chi connectivity index (χ2v) is 6.39. The zero-order valence-electron chi connectivity index (χ0n) is 14.6. The quantitative estimate of drug-likeness (QED) is 0.592. The van der Waals surface area contributed by atoms with Crippen LogP contribution in [0.5, 0.6) is 0 Å². The number of benzene rings is 1. The highest BCUT2D eigenvalue weighted by molar-refractivity contribution is 6.22. The summed E-state index contributed by atoms with van der Waals surface area (Å²) in [4.78, 5) is 42.4. The fourth-order valence-electron chi connectivity index (χ4n) is 3.27. The van der Waals surface area contributed by atoms with Crippen LogP contribution < -0.4 is 4.90 Å². The molecule has 0 radical (unpaired) electrons. The van der Waals surface area contributed by atoms with Crippen molar-refractivity contribution in [3.63, 3.8) is 0 Å². The zero-order chi connectivity index (χ0) is 18.0.